The Kier molecular flexibility index (Phi) is 8.22. The van der Waals surface area contributed by atoms with Crippen molar-refractivity contribution < 1.29 is 35.0 Å². The fourth-order valence-electron chi connectivity index (χ4n) is 2.20. The molecular formula is C12H19N3O9. The Bertz CT molecular complexity index is 460. The number of rotatable bonds is 9. The molecule has 0 aromatic heterocycles. The lowest BCUT2D eigenvalue weighted by Crippen LogP contribution is -2.59. The zero-order valence-electron chi connectivity index (χ0n) is 12.5. The molecule has 1 aliphatic rings. The van der Waals surface area contributed by atoms with Crippen LogP contribution in [0, 0.1) is 21.1 Å². The number of aliphatic hydroxyl groups excluding tert-OH is 5. The normalized spacial score (nSPS) is 33.9. The van der Waals surface area contributed by atoms with Crippen LogP contribution in [0.4, 0.5) is 0 Å². The van der Waals surface area contributed by atoms with E-state index in [2.05, 4.69) is 10.4 Å². The maximum Gasteiger partial charge on any atom is 0.188 e. The van der Waals surface area contributed by atoms with Crippen LogP contribution in [-0.2, 0) is 9.47 Å². The van der Waals surface area contributed by atoms with Crippen molar-refractivity contribution >= 4 is 0 Å². The Morgan fingerprint density at radius 3 is 2.38 bits per heavy atom. The Morgan fingerprint density at radius 1 is 1.25 bits per heavy atom. The van der Waals surface area contributed by atoms with Gasteiger partial charge in [0.2, 0.25) is 0 Å². The summed E-state index contributed by atoms with van der Waals surface area (Å²) >= 11 is 0. The van der Waals surface area contributed by atoms with E-state index in [-0.39, 0.29) is 0 Å². The molecule has 6 unspecified atom stereocenters. The summed E-state index contributed by atoms with van der Waals surface area (Å²) in [6.45, 7) is -1.45. The van der Waals surface area contributed by atoms with Gasteiger partial charge in [-0.1, -0.05) is 10.4 Å². The second kappa shape index (κ2) is 9.64. The number of nitriles is 1. The van der Waals surface area contributed by atoms with Crippen LogP contribution in [0.5, 0.6) is 0 Å². The largest absolute Gasteiger partial charge is 0.394 e. The number of aliphatic hydroxyl groups is 5. The van der Waals surface area contributed by atoms with Crippen LogP contribution in [0.2, 0.25) is 0 Å². The first-order valence-corrected chi connectivity index (χ1v) is 7.04. The SMILES string of the molecule is N#C[C@@H](C[C@H](N=O)C(O)CO)OC1OC(CO)C(O)C(O)C1N=O. The average Bonchev–Trinajstić information content (AvgIpc) is 2.60. The molecule has 0 bridgehead atoms. The van der Waals surface area contributed by atoms with Gasteiger partial charge in [0.1, 0.15) is 36.6 Å². The monoisotopic (exact) mass is 349 g/mol. The predicted molar refractivity (Wildman–Crippen MR) is 75.1 cm³/mol. The molecule has 0 spiro atoms. The van der Waals surface area contributed by atoms with Crippen molar-refractivity contribution in [3.05, 3.63) is 9.81 Å². The second-order valence-electron chi connectivity index (χ2n) is 5.21. The lowest BCUT2D eigenvalue weighted by molar-refractivity contribution is -0.273. The van der Waals surface area contributed by atoms with Gasteiger partial charge in [-0.15, -0.1) is 0 Å². The van der Waals surface area contributed by atoms with Gasteiger partial charge in [0, 0.05) is 6.42 Å². The number of nitroso groups, excluding NO2 is 2. The molecule has 8 atom stereocenters. The van der Waals surface area contributed by atoms with Crippen molar-refractivity contribution in [1.82, 2.24) is 0 Å². The van der Waals surface area contributed by atoms with Gasteiger partial charge < -0.3 is 35.0 Å². The summed E-state index contributed by atoms with van der Waals surface area (Å²) in [7, 11) is 0. The molecule has 12 heteroatoms. The lowest BCUT2D eigenvalue weighted by Gasteiger charge is -2.39. The fraction of sp³-hybridized carbons (Fsp3) is 0.917. The van der Waals surface area contributed by atoms with Crippen LogP contribution in [0.1, 0.15) is 6.42 Å². The van der Waals surface area contributed by atoms with E-state index in [4.69, 9.17) is 24.9 Å². The predicted octanol–water partition coefficient (Wildman–Crippen LogP) is -2.65. The van der Waals surface area contributed by atoms with Gasteiger partial charge in [0.05, 0.1) is 19.3 Å². The van der Waals surface area contributed by atoms with Crippen LogP contribution in [0.3, 0.4) is 0 Å². The molecule has 0 aliphatic carbocycles. The van der Waals surface area contributed by atoms with E-state index in [1.165, 1.54) is 0 Å². The highest BCUT2D eigenvalue weighted by Crippen LogP contribution is 2.26. The van der Waals surface area contributed by atoms with E-state index in [0.29, 0.717) is 0 Å². The van der Waals surface area contributed by atoms with Gasteiger partial charge in [0.25, 0.3) is 0 Å². The first-order valence-electron chi connectivity index (χ1n) is 7.04. The molecule has 12 nitrogen and oxygen atoms in total. The quantitative estimate of drug-likeness (QED) is 0.273. The number of ether oxygens (including phenoxy) is 2. The average molecular weight is 349 g/mol. The molecule has 0 saturated carbocycles. The summed E-state index contributed by atoms with van der Waals surface area (Å²) in [5.74, 6) is 0. The van der Waals surface area contributed by atoms with Gasteiger partial charge in [-0.3, -0.25) is 0 Å². The Labute approximate surface area is 136 Å². The topological polar surface area (TPSA) is 202 Å². The van der Waals surface area contributed by atoms with Crippen molar-refractivity contribution in [3.8, 4) is 6.07 Å². The molecular weight excluding hydrogens is 330 g/mol. The third-order valence-corrected chi connectivity index (χ3v) is 3.63. The third-order valence-electron chi connectivity index (χ3n) is 3.63. The van der Waals surface area contributed by atoms with Crippen LogP contribution in [0.15, 0.2) is 10.4 Å². The van der Waals surface area contributed by atoms with Gasteiger partial charge in [-0.2, -0.15) is 15.1 Å². The summed E-state index contributed by atoms with van der Waals surface area (Å²) in [5.41, 5.74) is 0. The molecule has 1 aliphatic heterocycles. The number of hydrogen-bond acceptors (Lipinski definition) is 12. The maximum absolute atomic E-state index is 10.9. The summed E-state index contributed by atoms with van der Waals surface area (Å²) < 4.78 is 10.3. The van der Waals surface area contributed by atoms with E-state index >= 15 is 0 Å². The molecule has 136 valence electrons. The standard InChI is InChI=1S/C12H19N3O9/c13-2-5(1-6(14-21)7(18)3-16)23-12-9(15-22)11(20)10(19)8(4-17)24-12/h5-12,16-20H,1,3-4H2/t5-,6+,7?,8?,9?,10?,11?,12?/m1/s1. The molecule has 1 fully saturated rings. The Hall–Kier alpha value is -1.59. The first-order chi connectivity index (χ1) is 11.4. The van der Waals surface area contributed by atoms with Crippen LogP contribution < -0.4 is 0 Å². The first kappa shape index (κ1) is 20.5. The summed E-state index contributed by atoms with van der Waals surface area (Å²) in [6, 6.07) is -1.28. The van der Waals surface area contributed by atoms with Gasteiger partial charge in [-0.05, 0) is 0 Å². The minimum absolute atomic E-state index is 0.421. The molecule has 0 amide bonds. The van der Waals surface area contributed by atoms with Crippen molar-refractivity contribution in [3.63, 3.8) is 0 Å². The minimum Gasteiger partial charge on any atom is -0.394 e. The molecule has 1 heterocycles. The highest BCUT2D eigenvalue weighted by atomic mass is 16.7. The van der Waals surface area contributed by atoms with E-state index < -0.39 is 68.5 Å². The highest BCUT2D eigenvalue weighted by molar-refractivity contribution is 4.96. The maximum atomic E-state index is 10.9. The second-order valence-corrected chi connectivity index (χ2v) is 5.21. The van der Waals surface area contributed by atoms with Crippen molar-refractivity contribution in [2.45, 2.75) is 55.3 Å². The van der Waals surface area contributed by atoms with Crippen LogP contribution in [0.25, 0.3) is 0 Å². The van der Waals surface area contributed by atoms with E-state index in [1.54, 1.807) is 6.07 Å². The van der Waals surface area contributed by atoms with Crippen LogP contribution >= 0.6 is 0 Å². The molecule has 0 aromatic rings. The summed E-state index contributed by atoms with van der Waals surface area (Å²) in [4.78, 5) is 21.5. The van der Waals surface area contributed by atoms with Gasteiger partial charge in [0.15, 0.2) is 12.3 Å². The van der Waals surface area contributed by atoms with E-state index in [1.807, 2.05) is 0 Å². The van der Waals surface area contributed by atoms with E-state index in [9.17, 15) is 25.1 Å². The zero-order valence-corrected chi connectivity index (χ0v) is 12.5. The van der Waals surface area contributed by atoms with Gasteiger partial charge in [-0.25, -0.2) is 0 Å². The third kappa shape index (κ3) is 4.71. The summed E-state index contributed by atoms with van der Waals surface area (Å²) in [6.07, 6.45) is -9.45. The smallest absolute Gasteiger partial charge is 0.188 e. The van der Waals surface area contributed by atoms with Crippen molar-refractivity contribution in [2.24, 2.45) is 10.4 Å². The van der Waals surface area contributed by atoms with Gasteiger partial charge >= 0.3 is 0 Å². The highest BCUT2D eigenvalue weighted by Gasteiger charge is 2.47. The zero-order chi connectivity index (χ0) is 18.3. The molecule has 0 radical (unpaired) electrons. The molecule has 24 heavy (non-hydrogen) atoms. The van der Waals surface area contributed by atoms with Crippen molar-refractivity contribution in [1.29, 1.82) is 5.26 Å². The van der Waals surface area contributed by atoms with Crippen molar-refractivity contribution in [2.75, 3.05) is 13.2 Å². The lowest BCUT2D eigenvalue weighted by atomic mass is 9.97. The summed E-state index contributed by atoms with van der Waals surface area (Å²) in [5, 5.41) is 61.0. The molecule has 1 saturated heterocycles. The fourth-order valence-corrected chi connectivity index (χ4v) is 2.20. The van der Waals surface area contributed by atoms with E-state index in [0.717, 1.165) is 0 Å². The molecule has 5 N–H and O–H groups in total. The molecule has 1 rings (SSSR count). The Balaban J connectivity index is 2.83. The van der Waals surface area contributed by atoms with Crippen LogP contribution in [-0.4, -0.2) is 87.6 Å². The number of hydrogen-bond donors (Lipinski definition) is 5. The Morgan fingerprint density at radius 2 is 1.92 bits per heavy atom. The minimum atomic E-state index is -1.69. The number of nitrogens with zero attached hydrogens (tertiary/aromatic N) is 3. The molecule has 0 aromatic carbocycles.